The van der Waals surface area contributed by atoms with E-state index >= 15 is 0 Å². The van der Waals surface area contributed by atoms with Crippen molar-refractivity contribution < 1.29 is 13.2 Å². The third-order valence-corrected chi connectivity index (χ3v) is 3.16. The average molecular weight is 289 g/mol. The minimum Gasteiger partial charge on any atom is -0.464 e. The molecule has 0 aliphatic rings. The van der Waals surface area contributed by atoms with Crippen LogP contribution in [-0.2, 0) is 9.84 Å². The Morgan fingerprint density at radius 1 is 1.32 bits per heavy atom. The number of ether oxygens (including phenoxy) is 1. The first-order valence-corrected chi connectivity index (χ1v) is 7.87. The van der Waals surface area contributed by atoms with Gasteiger partial charge in [0.25, 0.3) is 0 Å². The van der Waals surface area contributed by atoms with Gasteiger partial charge < -0.3 is 15.0 Å². The van der Waals surface area contributed by atoms with E-state index in [-0.39, 0.29) is 11.8 Å². The fourth-order valence-corrected chi connectivity index (χ4v) is 1.83. The quantitative estimate of drug-likeness (QED) is 0.736. The summed E-state index contributed by atoms with van der Waals surface area (Å²) in [5, 5.41) is 2.81. The highest BCUT2D eigenvalue weighted by Gasteiger charge is 2.12. The molecule has 1 rings (SSSR count). The van der Waals surface area contributed by atoms with E-state index in [0.29, 0.717) is 25.0 Å². The molecular formula is C10H19N5O3S. The zero-order chi connectivity index (χ0) is 14.5. The Morgan fingerprint density at radius 2 is 2.00 bits per heavy atom. The van der Waals surface area contributed by atoms with Crippen LogP contribution in [0.1, 0.15) is 6.92 Å². The van der Waals surface area contributed by atoms with Crippen LogP contribution in [0, 0.1) is 0 Å². The molecule has 0 atom stereocenters. The monoisotopic (exact) mass is 289 g/mol. The summed E-state index contributed by atoms with van der Waals surface area (Å²) in [6.45, 7) is 2.58. The Hall–Kier alpha value is -1.64. The highest BCUT2D eigenvalue weighted by molar-refractivity contribution is 7.90. The number of hydrogen-bond donors (Lipinski definition) is 1. The second kappa shape index (κ2) is 6.50. The normalized spacial score (nSPS) is 11.2. The highest BCUT2D eigenvalue weighted by atomic mass is 32.2. The molecule has 0 aromatic carbocycles. The number of rotatable bonds is 7. The third kappa shape index (κ3) is 5.25. The van der Waals surface area contributed by atoms with E-state index in [1.165, 1.54) is 6.26 Å². The molecule has 108 valence electrons. The Morgan fingerprint density at radius 3 is 2.53 bits per heavy atom. The van der Waals surface area contributed by atoms with Crippen molar-refractivity contribution in [3.63, 3.8) is 0 Å². The van der Waals surface area contributed by atoms with Gasteiger partial charge in [-0.25, -0.2) is 8.42 Å². The third-order valence-electron chi connectivity index (χ3n) is 2.24. The highest BCUT2D eigenvalue weighted by Crippen LogP contribution is 2.13. The second-order valence-corrected chi connectivity index (χ2v) is 6.24. The molecule has 0 aliphatic heterocycles. The van der Waals surface area contributed by atoms with Crippen LogP contribution >= 0.6 is 0 Å². The number of nitrogens with zero attached hydrogens (tertiary/aromatic N) is 4. The van der Waals surface area contributed by atoms with Gasteiger partial charge in [-0.05, 0) is 6.92 Å². The van der Waals surface area contributed by atoms with Crippen molar-refractivity contribution in [1.29, 1.82) is 0 Å². The number of sulfone groups is 1. The maximum absolute atomic E-state index is 11.1. The van der Waals surface area contributed by atoms with Crippen molar-refractivity contribution >= 4 is 21.7 Å². The zero-order valence-electron chi connectivity index (χ0n) is 11.5. The molecule has 0 fully saturated rings. The summed E-state index contributed by atoms with van der Waals surface area (Å²) in [7, 11) is 0.381. The van der Waals surface area contributed by atoms with Crippen molar-refractivity contribution in [1.82, 2.24) is 15.0 Å². The summed E-state index contributed by atoms with van der Waals surface area (Å²) in [5.41, 5.74) is 0. The van der Waals surface area contributed by atoms with Crippen molar-refractivity contribution in [2.75, 3.05) is 49.5 Å². The van der Waals surface area contributed by atoms with Crippen LogP contribution in [0.3, 0.4) is 0 Å². The van der Waals surface area contributed by atoms with Crippen LogP contribution in [0.25, 0.3) is 0 Å². The minimum atomic E-state index is -3.02. The van der Waals surface area contributed by atoms with Crippen molar-refractivity contribution in [2.45, 2.75) is 6.92 Å². The Balaban J connectivity index is 2.88. The fraction of sp³-hybridized carbons (Fsp3) is 0.700. The Bertz CT molecular complexity index is 520. The van der Waals surface area contributed by atoms with E-state index in [9.17, 15) is 8.42 Å². The SMILES string of the molecule is CCOc1nc(NC)nc(N(C)CCS(C)(=O)=O)n1. The summed E-state index contributed by atoms with van der Waals surface area (Å²) in [6.07, 6.45) is 1.19. The molecule has 0 saturated carbocycles. The topological polar surface area (TPSA) is 97.3 Å². The van der Waals surface area contributed by atoms with E-state index in [4.69, 9.17) is 4.74 Å². The van der Waals surface area contributed by atoms with Crippen molar-refractivity contribution in [2.24, 2.45) is 0 Å². The number of hydrogen-bond acceptors (Lipinski definition) is 8. The van der Waals surface area contributed by atoms with Gasteiger partial charge in [-0.1, -0.05) is 0 Å². The van der Waals surface area contributed by atoms with Crippen LogP contribution in [-0.4, -0.2) is 62.6 Å². The lowest BCUT2D eigenvalue weighted by molar-refractivity contribution is 0.312. The van der Waals surface area contributed by atoms with E-state index in [1.54, 1.807) is 19.0 Å². The summed E-state index contributed by atoms with van der Waals surface area (Å²) < 4.78 is 27.5. The van der Waals surface area contributed by atoms with Crippen LogP contribution < -0.4 is 15.0 Å². The summed E-state index contributed by atoms with van der Waals surface area (Å²) >= 11 is 0. The molecule has 1 heterocycles. The first-order chi connectivity index (χ1) is 8.85. The fourth-order valence-electron chi connectivity index (χ4n) is 1.22. The number of aromatic nitrogens is 3. The predicted octanol–water partition coefficient (Wildman–Crippen LogP) is -0.207. The molecule has 0 saturated heterocycles. The first-order valence-electron chi connectivity index (χ1n) is 5.81. The lowest BCUT2D eigenvalue weighted by Crippen LogP contribution is -2.27. The van der Waals surface area contributed by atoms with E-state index in [1.807, 2.05) is 6.92 Å². The van der Waals surface area contributed by atoms with Gasteiger partial charge in [-0.15, -0.1) is 0 Å². The van der Waals surface area contributed by atoms with Gasteiger partial charge in [0, 0.05) is 26.9 Å². The smallest absolute Gasteiger partial charge is 0.323 e. The zero-order valence-corrected chi connectivity index (χ0v) is 12.4. The molecule has 9 heteroatoms. The predicted molar refractivity (Wildman–Crippen MR) is 73.5 cm³/mol. The Labute approximate surface area is 113 Å². The molecule has 0 radical (unpaired) electrons. The number of nitrogens with one attached hydrogen (secondary N) is 1. The van der Waals surface area contributed by atoms with E-state index < -0.39 is 9.84 Å². The van der Waals surface area contributed by atoms with Crippen molar-refractivity contribution in [3.05, 3.63) is 0 Å². The van der Waals surface area contributed by atoms with Gasteiger partial charge in [0.2, 0.25) is 11.9 Å². The maximum Gasteiger partial charge on any atom is 0.323 e. The molecular weight excluding hydrogens is 270 g/mol. The van der Waals surface area contributed by atoms with Gasteiger partial charge in [-0.2, -0.15) is 15.0 Å². The lowest BCUT2D eigenvalue weighted by Gasteiger charge is -2.17. The van der Waals surface area contributed by atoms with Crippen LogP contribution in [0.15, 0.2) is 0 Å². The van der Waals surface area contributed by atoms with Crippen molar-refractivity contribution in [3.8, 4) is 6.01 Å². The first kappa shape index (κ1) is 15.4. The standard InChI is InChI=1S/C10H19N5O3S/c1-5-18-10-13-8(11-2)12-9(14-10)15(3)6-7-19(4,16)17/h5-7H2,1-4H3,(H,11,12,13,14). The van der Waals surface area contributed by atoms with Crippen LogP contribution in [0.5, 0.6) is 6.01 Å². The molecule has 8 nitrogen and oxygen atoms in total. The molecule has 1 aromatic heterocycles. The average Bonchev–Trinajstić information content (AvgIpc) is 2.35. The summed E-state index contributed by atoms with van der Waals surface area (Å²) in [6, 6.07) is 0.211. The Kier molecular flexibility index (Phi) is 5.28. The van der Waals surface area contributed by atoms with Gasteiger partial charge in [0.1, 0.15) is 9.84 Å². The molecule has 0 amide bonds. The molecule has 0 aliphatic carbocycles. The molecule has 0 spiro atoms. The molecule has 1 N–H and O–H groups in total. The van der Waals surface area contributed by atoms with Gasteiger partial charge >= 0.3 is 6.01 Å². The van der Waals surface area contributed by atoms with E-state index in [0.717, 1.165) is 0 Å². The van der Waals surface area contributed by atoms with Gasteiger partial charge in [-0.3, -0.25) is 0 Å². The molecule has 19 heavy (non-hydrogen) atoms. The maximum atomic E-state index is 11.1. The van der Waals surface area contributed by atoms with E-state index in [2.05, 4.69) is 20.3 Å². The minimum absolute atomic E-state index is 0.0358. The molecule has 0 bridgehead atoms. The summed E-state index contributed by atoms with van der Waals surface area (Å²) in [5.74, 6) is 0.778. The molecule has 0 unspecified atom stereocenters. The lowest BCUT2D eigenvalue weighted by atomic mass is 10.6. The second-order valence-electron chi connectivity index (χ2n) is 3.98. The van der Waals surface area contributed by atoms with Crippen LogP contribution in [0.4, 0.5) is 11.9 Å². The number of anilines is 2. The van der Waals surface area contributed by atoms with Crippen LogP contribution in [0.2, 0.25) is 0 Å². The van der Waals surface area contributed by atoms with Gasteiger partial charge in [0.05, 0.1) is 12.4 Å². The molecule has 1 aromatic rings. The summed E-state index contributed by atoms with van der Waals surface area (Å²) in [4.78, 5) is 13.9. The van der Waals surface area contributed by atoms with Gasteiger partial charge in [0.15, 0.2) is 0 Å². The largest absolute Gasteiger partial charge is 0.464 e.